The Kier molecular flexibility index (Phi) is 9.13. The van der Waals surface area contributed by atoms with E-state index in [1.54, 1.807) is 27.7 Å². The molecule has 190 valence electrons. The van der Waals surface area contributed by atoms with Crippen molar-refractivity contribution < 1.29 is 23.8 Å². The first-order valence-electron chi connectivity index (χ1n) is 11.3. The second-order valence-corrected chi connectivity index (χ2v) is 8.18. The molecule has 2 aromatic rings. The van der Waals surface area contributed by atoms with Crippen molar-refractivity contribution in [3.05, 3.63) is 16.7 Å². The van der Waals surface area contributed by atoms with E-state index in [1.165, 1.54) is 10.9 Å². The van der Waals surface area contributed by atoms with Crippen LogP contribution in [0.2, 0.25) is 0 Å². The molecule has 0 atom stereocenters. The van der Waals surface area contributed by atoms with Crippen molar-refractivity contribution in [3.63, 3.8) is 0 Å². The Morgan fingerprint density at radius 1 is 1.03 bits per heavy atom. The van der Waals surface area contributed by atoms with E-state index in [0.29, 0.717) is 25.7 Å². The van der Waals surface area contributed by atoms with Gasteiger partial charge in [0.2, 0.25) is 5.95 Å². The maximum absolute atomic E-state index is 12.5. The minimum absolute atomic E-state index is 0.0736. The molecule has 0 aromatic carbocycles. The SMILES string of the molecule is CCC(N)(CC)C(=O)OCC(COC(=O)C(N)(CC)CC)OCn1cnc2c(=O)[nH]c(N)nc21. The summed E-state index contributed by atoms with van der Waals surface area (Å²) in [5, 5.41) is 0. The molecule has 0 aliphatic heterocycles. The Morgan fingerprint density at radius 3 is 2.00 bits per heavy atom. The second kappa shape index (κ2) is 11.4. The number of hydrogen-bond acceptors (Lipinski definition) is 11. The molecular weight excluding hydrogens is 446 g/mol. The van der Waals surface area contributed by atoms with Crippen LogP contribution in [0.3, 0.4) is 0 Å². The van der Waals surface area contributed by atoms with Crippen LogP contribution in [0.25, 0.3) is 11.2 Å². The van der Waals surface area contributed by atoms with Crippen LogP contribution in [0.5, 0.6) is 0 Å². The topological polar surface area (TPSA) is 203 Å². The molecule has 0 radical (unpaired) electrons. The van der Waals surface area contributed by atoms with E-state index >= 15 is 0 Å². The van der Waals surface area contributed by atoms with Gasteiger partial charge in [-0.3, -0.25) is 23.9 Å². The van der Waals surface area contributed by atoms with Crippen molar-refractivity contribution >= 4 is 29.1 Å². The minimum Gasteiger partial charge on any atom is -0.461 e. The number of fused-ring (bicyclic) bond motifs is 1. The van der Waals surface area contributed by atoms with Gasteiger partial charge in [0.05, 0.1) is 6.33 Å². The number of aromatic nitrogens is 4. The van der Waals surface area contributed by atoms with E-state index in [0.717, 1.165) is 0 Å². The van der Waals surface area contributed by atoms with E-state index in [1.807, 2.05) is 0 Å². The molecule has 0 saturated heterocycles. The largest absolute Gasteiger partial charge is 0.461 e. The van der Waals surface area contributed by atoms with Crippen molar-refractivity contribution in [3.8, 4) is 0 Å². The zero-order valence-corrected chi connectivity index (χ0v) is 20.1. The van der Waals surface area contributed by atoms with Crippen molar-refractivity contribution in [1.29, 1.82) is 0 Å². The Labute approximate surface area is 197 Å². The fourth-order valence-corrected chi connectivity index (χ4v) is 3.10. The smallest absolute Gasteiger partial charge is 0.326 e. The summed E-state index contributed by atoms with van der Waals surface area (Å²) in [4.78, 5) is 47.4. The fourth-order valence-electron chi connectivity index (χ4n) is 3.10. The van der Waals surface area contributed by atoms with Crippen molar-refractivity contribution in [2.75, 3.05) is 18.9 Å². The molecule has 0 aliphatic carbocycles. The molecule has 34 heavy (non-hydrogen) atoms. The molecule has 0 amide bonds. The highest BCUT2D eigenvalue weighted by molar-refractivity contribution is 5.81. The fraction of sp³-hybridized carbons (Fsp3) is 0.667. The third-order valence-electron chi connectivity index (χ3n) is 6.08. The number of esters is 2. The lowest BCUT2D eigenvalue weighted by Crippen LogP contribution is -2.50. The van der Waals surface area contributed by atoms with Gasteiger partial charge in [0, 0.05) is 0 Å². The van der Waals surface area contributed by atoms with Crippen LogP contribution in [0.1, 0.15) is 53.4 Å². The van der Waals surface area contributed by atoms with Crippen LogP contribution in [-0.4, -0.2) is 61.9 Å². The predicted octanol–water partition coefficient (Wildman–Crippen LogP) is 0.166. The summed E-state index contributed by atoms with van der Waals surface area (Å²) in [6.45, 7) is 6.61. The Morgan fingerprint density at radius 2 is 1.53 bits per heavy atom. The van der Waals surface area contributed by atoms with Gasteiger partial charge in [0.1, 0.15) is 37.1 Å². The number of ether oxygens (including phenoxy) is 3. The lowest BCUT2D eigenvalue weighted by molar-refractivity contribution is -0.164. The average molecular weight is 482 g/mol. The molecule has 0 bridgehead atoms. The van der Waals surface area contributed by atoms with Crippen molar-refractivity contribution in [2.45, 2.75) is 77.3 Å². The van der Waals surface area contributed by atoms with E-state index in [-0.39, 0.29) is 37.1 Å². The summed E-state index contributed by atoms with van der Waals surface area (Å²) in [6, 6.07) is 0. The molecule has 2 heterocycles. The van der Waals surface area contributed by atoms with Gasteiger partial charge in [-0.2, -0.15) is 4.98 Å². The average Bonchev–Trinajstić information content (AvgIpc) is 3.24. The van der Waals surface area contributed by atoms with Gasteiger partial charge in [0.15, 0.2) is 11.2 Å². The highest BCUT2D eigenvalue weighted by atomic mass is 16.6. The van der Waals surface area contributed by atoms with Crippen LogP contribution >= 0.6 is 0 Å². The van der Waals surface area contributed by atoms with Crippen LogP contribution in [0.15, 0.2) is 11.1 Å². The van der Waals surface area contributed by atoms with Gasteiger partial charge in [-0.25, -0.2) is 4.98 Å². The van der Waals surface area contributed by atoms with E-state index in [9.17, 15) is 14.4 Å². The molecule has 13 nitrogen and oxygen atoms in total. The Bertz CT molecular complexity index is 1010. The summed E-state index contributed by atoms with van der Waals surface area (Å²) in [6.07, 6.45) is 2.10. The first-order valence-corrected chi connectivity index (χ1v) is 11.3. The van der Waals surface area contributed by atoms with Gasteiger partial charge in [-0.05, 0) is 25.7 Å². The number of imidazole rings is 1. The number of anilines is 1. The van der Waals surface area contributed by atoms with Crippen LogP contribution in [0, 0.1) is 0 Å². The number of carbonyl (C=O) groups excluding carboxylic acids is 2. The molecule has 2 rings (SSSR count). The molecular formula is C21H35N7O6. The molecule has 13 heteroatoms. The predicted molar refractivity (Wildman–Crippen MR) is 124 cm³/mol. The number of H-pyrrole nitrogens is 1. The van der Waals surface area contributed by atoms with E-state index < -0.39 is 34.7 Å². The number of carbonyl (C=O) groups is 2. The third kappa shape index (κ3) is 6.10. The van der Waals surface area contributed by atoms with Gasteiger partial charge >= 0.3 is 11.9 Å². The van der Waals surface area contributed by atoms with Crippen LogP contribution < -0.4 is 22.8 Å². The normalized spacial score (nSPS) is 12.3. The first-order chi connectivity index (χ1) is 16.0. The van der Waals surface area contributed by atoms with Gasteiger partial charge < -0.3 is 31.4 Å². The molecule has 0 unspecified atom stereocenters. The van der Waals surface area contributed by atoms with E-state index in [2.05, 4.69) is 15.0 Å². The minimum atomic E-state index is -1.12. The highest BCUT2D eigenvalue weighted by Crippen LogP contribution is 2.16. The highest BCUT2D eigenvalue weighted by Gasteiger charge is 2.34. The Balaban J connectivity index is 2.15. The van der Waals surface area contributed by atoms with Gasteiger partial charge in [-0.15, -0.1) is 0 Å². The monoisotopic (exact) mass is 481 g/mol. The molecule has 0 fully saturated rings. The van der Waals surface area contributed by atoms with Crippen molar-refractivity contribution in [1.82, 2.24) is 19.5 Å². The molecule has 0 spiro atoms. The number of nitrogens with zero attached hydrogens (tertiary/aromatic N) is 3. The van der Waals surface area contributed by atoms with Crippen molar-refractivity contribution in [2.24, 2.45) is 11.5 Å². The lowest BCUT2D eigenvalue weighted by Gasteiger charge is -2.27. The summed E-state index contributed by atoms with van der Waals surface area (Å²) in [5.41, 5.74) is 15.4. The van der Waals surface area contributed by atoms with E-state index in [4.69, 9.17) is 31.4 Å². The van der Waals surface area contributed by atoms with Crippen LogP contribution in [0.4, 0.5) is 5.95 Å². The Hall–Kier alpha value is -3.03. The second-order valence-electron chi connectivity index (χ2n) is 8.18. The molecule has 0 aliphatic rings. The number of rotatable bonds is 13. The maximum atomic E-state index is 12.5. The number of nitrogen functional groups attached to an aromatic ring is 1. The standard InChI is InChI=1S/C21H35N7O6/c1-5-20(23,6-2)17(30)32-9-13(10-33-18(31)21(24,7-3)8-4)34-12-28-11-25-14-15(28)26-19(22)27-16(14)29/h11,13H,5-10,12,23-24H2,1-4H3,(H3,22,26,27,29). The number of hydrogen-bond donors (Lipinski definition) is 4. The first kappa shape index (κ1) is 27.2. The number of nitrogens with two attached hydrogens (primary N) is 3. The molecule has 0 saturated carbocycles. The summed E-state index contributed by atoms with van der Waals surface area (Å²) in [5.74, 6) is -1.24. The summed E-state index contributed by atoms with van der Waals surface area (Å²) in [7, 11) is 0. The van der Waals surface area contributed by atoms with Gasteiger partial charge in [0.25, 0.3) is 5.56 Å². The zero-order chi connectivity index (χ0) is 25.5. The molecule has 2 aromatic heterocycles. The van der Waals surface area contributed by atoms with Crippen LogP contribution in [-0.2, 0) is 30.5 Å². The number of aromatic amines is 1. The lowest BCUT2D eigenvalue weighted by atomic mass is 9.94. The zero-order valence-electron chi connectivity index (χ0n) is 20.1. The number of nitrogens with one attached hydrogen (secondary N) is 1. The quantitative estimate of drug-likeness (QED) is 0.284. The third-order valence-corrected chi connectivity index (χ3v) is 6.08. The summed E-state index contributed by atoms with van der Waals surface area (Å²) < 4.78 is 18.1. The summed E-state index contributed by atoms with van der Waals surface area (Å²) >= 11 is 0. The molecule has 7 N–H and O–H groups in total. The van der Waals surface area contributed by atoms with Gasteiger partial charge in [-0.1, -0.05) is 27.7 Å². The maximum Gasteiger partial charge on any atom is 0.326 e.